The van der Waals surface area contributed by atoms with Gasteiger partial charge in [-0.2, -0.15) is 0 Å². The Kier molecular flexibility index (Phi) is 4.21. The van der Waals surface area contributed by atoms with E-state index in [1.165, 1.54) is 0 Å². The van der Waals surface area contributed by atoms with Gasteiger partial charge in [0.05, 0.1) is 17.0 Å². The normalized spacial score (nSPS) is 15.1. The van der Waals surface area contributed by atoms with E-state index in [0.717, 1.165) is 4.47 Å². The summed E-state index contributed by atoms with van der Waals surface area (Å²) in [5, 5.41) is 0. The maximum atomic E-state index is 12.2. The van der Waals surface area contributed by atoms with Crippen molar-refractivity contribution in [1.29, 1.82) is 0 Å². The number of carbonyl (C=O) groups excluding carboxylic acids is 2. The lowest BCUT2D eigenvalue weighted by Crippen LogP contribution is -2.13. The van der Waals surface area contributed by atoms with Gasteiger partial charge < -0.3 is 4.74 Å². The van der Waals surface area contributed by atoms with Crippen LogP contribution in [0.5, 0.6) is 0 Å². The van der Waals surface area contributed by atoms with Crippen molar-refractivity contribution in [3.8, 4) is 0 Å². The van der Waals surface area contributed by atoms with E-state index in [4.69, 9.17) is 4.74 Å². The van der Waals surface area contributed by atoms with E-state index < -0.39 is 11.8 Å². The molecule has 4 nitrogen and oxygen atoms in total. The van der Waals surface area contributed by atoms with Crippen LogP contribution in [0.15, 0.2) is 69.6 Å². The Morgan fingerprint density at radius 1 is 1.00 bits per heavy atom. The number of nitrogens with zero attached hydrogens (tertiary/aromatic N) is 1. The van der Waals surface area contributed by atoms with E-state index in [0.29, 0.717) is 17.0 Å². The molecular formula is C18H12BrNO3. The predicted octanol–water partition coefficient (Wildman–Crippen LogP) is 4.08. The van der Waals surface area contributed by atoms with Crippen molar-refractivity contribution in [2.45, 2.75) is 6.92 Å². The van der Waals surface area contributed by atoms with Crippen LogP contribution in [-0.4, -0.2) is 17.5 Å². The molecule has 0 aromatic heterocycles. The van der Waals surface area contributed by atoms with Crippen LogP contribution in [0, 0.1) is 0 Å². The van der Waals surface area contributed by atoms with E-state index in [9.17, 15) is 9.59 Å². The Morgan fingerprint density at radius 3 is 2.30 bits per heavy atom. The highest BCUT2D eigenvalue weighted by atomic mass is 79.9. The summed E-state index contributed by atoms with van der Waals surface area (Å²) in [7, 11) is 0. The molecule has 1 heterocycles. The van der Waals surface area contributed by atoms with Gasteiger partial charge in [-0.1, -0.05) is 46.3 Å². The van der Waals surface area contributed by atoms with Crippen molar-refractivity contribution >= 4 is 44.8 Å². The van der Waals surface area contributed by atoms with Gasteiger partial charge in [-0.25, -0.2) is 4.79 Å². The standard InChI is InChI=1S/C18H12BrNO3/c1-11(20-14-9-7-13(19)8-10-14)15-16(21)18(22)23-17(15)12-5-3-2-4-6-12/h2-10H,1H3. The molecule has 0 saturated carbocycles. The van der Waals surface area contributed by atoms with E-state index in [1.54, 1.807) is 19.1 Å². The van der Waals surface area contributed by atoms with Gasteiger partial charge in [0.1, 0.15) is 0 Å². The number of esters is 1. The molecule has 0 N–H and O–H groups in total. The lowest BCUT2D eigenvalue weighted by Gasteiger charge is -2.04. The first-order valence-corrected chi connectivity index (χ1v) is 7.73. The topological polar surface area (TPSA) is 55.7 Å². The minimum atomic E-state index is -0.871. The van der Waals surface area contributed by atoms with Gasteiger partial charge in [0.25, 0.3) is 5.78 Å². The van der Waals surface area contributed by atoms with Gasteiger partial charge >= 0.3 is 5.97 Å². The molecule has 0 unspecified atom stereocenters. The molecule has 0 aliphatic carbocycles. The van der Waals surface area contributed by atoms with Crippen LogP contribution < -0.4 is 0 Å². The fourth-order valence-corrected chi connectivity index (χ4v) is 2.55. The summed E-state index contributed by atoms with van der Waals surface area (Å²) in [6, 6.07) is 16.4. The van der Waals surface area contributed by atoms with Crippen molar-refractivity contribution in [1.82, 2.24) is 0 Å². The number of carbonyl (C=O) groups is 2. The lowest BCUT2D eigenvalue weighted by molar-refractivity contribution is -0.144. The van der Waals surface area contributed by atoms with E-state index in [-0.39, 0.29) is 11.3 Å². The van der Waals surface area contributed by atoms with Crippen LogP contribution >= 0.6 is 15.9 Å². The number of halogens is 1. The number of aliphatic imine (C=N–C) groups is 1. The van der Waals surface area contributed by atoms with Crippen molar-refractivity contribution in [3.63, 3.8) is 0 Å². The smallest absolute Gasteiger partial charge is 0.385 e. The largest absolute Gasteiger partial charge is 0.419 e. The molecule has 3 rings (SSSR count). The first-order valence-electron chi connectivity index (χ1n) is 6.93. The molecule has 1 aliphatic rings. The van der Waals surface area contributed by atoms with Crippen molar-refractivity contribution < 1.29 is 14.3 Å². The third-order valence-corrected chi connectivity index (χ3v) is 3.88. The number of hydrogen-bond donors (Lipinski definition) is 0. The zero-order valence-electron chi connectivity index (χ0n) is 12.2. The third-order valence-electron chi connectivity index (χ3n) is 3.36. The molecular weight excluding hydrogens is 358 g/mol. The Bertz CT molecular complexity index is 836. The molecule has 0 amide bonds. The predicted molar refractivity (Wildman–Crippen MR) is 91.4 cm³/mol. The highest BCUT2D eigenvalue weighted by Gasteiger charge is 2.36. The van der Waals surface area contributed by atoms with Gasteiger partial charge in [0, 0.05) is 10.0 Å². The number of hydrogen-bond acceptors (Lipinski definition) is 4. The van der Waals surface area contributed by atoms with Gasteiger partial charge in [0.2, 0.25) is 0 Å². The highest BCUT2D eigenvalue weighted by molar-refractivity contribution is 9.10. The second-order valence-corrected chi connectivity index (χ2v) is 5.88. The fraction of sp³-hybridized carbons (Fsp3) is 0.0556. The van der Waals surface area contributed by atoms with Crippen LogP contribution in [-0.2, 0) is 14.3 Å². The number of cyclic esters (lactones) is 1. The monoisotopic (exact) mass is 369 g/mol. The van der Waals surface area contributed by atoms with Crippen LogP contribution in [0.25, 0.3) is 5.76 Å². The highest BCUT2D eigenvalue weighted by Crippen LogP contribution is 2.29. The molecule has 23 heavy (non-hydrogen) atoms. The van der Waals surface area contributed by atoms with Gasteiger partial charge in [-0.05, 0) is 31.2 Å². The summed E-state index contributed by atoms with van der Waals surface area (Å²) >= 11 is 3.36. The van der Waals surface area contributed by atoms with Crippen molar-refractivity contribution in [2.75, 3.05) is 0 Å². The molecule has 5 heteroatoms. The molecule has 2 aromatic rings. The SMILES string of the molecule is CC(=Nc1ccc(Br)cc1)C1=C(c2ccccc2)OC(=O)C1=O. The Morgan fingerprint density at radius 2 is 1.65 bits per heavy atom. The first kappa shape index (κ1) is 15.4. The maximum Gasteiger partial charge on any atom is 0.385 e. The molecule has 0 saturated heterocycles. The van der Waals surface area contributed by atoms with Crippen LogP contribution in [0.3, 0.4) is 0 Å². The first-order chi connectivity index (χ1) is 11.1. The maximum absolute atomic E-state index is 12.2. The van der Waals surface area contributed by atoms with E-state index in [1.807, 2.05) is 42.5 Å². The summed E-state index contributed by atoms with van der Waals surface area (Å²) in [6.07, 6.45) is 0. The summed E-state index contributed by atoms with van der Waals surface area (Å²) < 4.78 is 6.09. The second kappa shape index (κ2) is 6.30. The number of Topliss-reactive ketones (excluding diaryl/α,β-unsaturated/α-hetero) is 1. The third kappa shape index (κ3) is 3.14. The molecule has 0 spiro atoms. The lowest BCUT2D eigenvalue weighted by atomic mass is 10.0. The van der Waals surface area contributed by atoms with Gasteiger partial charge in [0.15, 0.2) is 5.76 Å². The number of benzene rings is 2. The minimum absolute atomic E-state index is 0.212. The molecule has 0 radical (unpaired) electrons. The van der Waals surface area contributed by atoms with Crippen molar-refractivity contribution in [2.24, 2.45) is 4.99 Å². The fourth-order valence-electron chi connectivity index (χ4n) is 2.28. The molecule has 0 bridgehead atoms. The summed E-state index contributed by atoms with van der Waals surface area (Å²) in [6.45, 7) is 1.69. The number of ketones is 1. The van der Waals surface area contributed by atoms with Crippen LogP contribution in [0.2, 0.25) is 0 Å². The number of ether oxygens (including phenoxy) is 1. The summed E-state index contributed by atoms with van der Waals surface area (Å²) in [5.74, 6) is -1.27. The minimum Gasteiger partial charge on any atom is -0.419 e. The van der Waals surface area contributed by atoms with Crippen LogP contribution in [0.4, 0.5) is 5.69 Å². The molecule has 0 atom stereocenters. The Labute approximate surface area is 141 Å². The zero-order valence-corrected chi connectivity index (χ0v) is 13.8. The quantitative estimate of drug-likeness (QED) is 0.465. The van der Waals surface area contributed by atoms with E-state index in [2.05, 4.69) is 20.9 Å². The second-order valence-electron chi connectivity index (χ2n) is 4.96. The molecule has 1 aliphatic heterocycles. The molecule has 0 fully saturated rings. The van der Waals surface area contributed by atoms with Crippen LogP contribution in [0.1, 0.15) is 12.5 Å². The molecule has 114 valence electrons. The summed E-state index contributed by atoms with van der Waals surface area (Å²) in [4.78, 5) is 28.3. The van der Waals surface area contributed by atoms with E-state index >= 15 is 0 Å². The number of rotatable bonds is 3. The average molecular weight is 370 g/mol. The average Bonchev–Trinajstić information content (AvgIpc) is 2.86. The van der Waals surface area contributed by atoms with Crippen molar-refractivity contribution in [3.05, 3.63) is 70.2 Å². The molecule has 2 aromatic carbocycles. The van der Waals surface area contributed by atoms with Gasteiger partial charge in [-0.15, -0.1) is 0 Å². The summed E-state index contributed by atoms with van der Waals surface area (Å²) in [5.41, 5.74) is 2.02. The van der Waals surface area contributed by atoms with Gasteiger partial charge in [-0.3, -0.25) is 9.79 Å². The zero-order chi connectivity index (χ0) is 16.4. The Hall–Kier alpha value is -2.53. The Balaban J connectivity index is 2.07.